The van der Waals surface area contributed by atoms with Gasteiger partial charge in [-0.3, -0.25) is 0 Å². The predicted octanol–water partition coefficient (Wildman–Crippen LogP) is 1.21. The molecule has 0 amide bonds. The van der Waals surface area contributed by atoms with Crippen molar-refractivity contribution in [2.45, 2.75) is 6.92 Å². The van der Waals surface area contributed by atoms with Gasteiger partial charge in [0.05, 0.1) is 12.8 Å². The van der Waals surface area contributed by atoms with Crippen molar-refractivity contribution in [1.82, 2.24) is 0 Å². The molecule has 0 bridgehead atoms. The smallest absolute Gasteiger partial charge is 0.342 e. The molecule has 0 aliphatic rings. The molecule has 0 fully saturated rings. The monoisotopic (exact) mass is 199 g/mol. The molecule has 5 heteroatoms. The number of nitrogens with two attached hydrogens (primary N) is 1. The van der Waals surface area contributed by atoms with Gasteiger partial charge in [0.25, 0.3) is 0 Å². The number of hydrogen-bond donors (Lipinski definition) is 2. The molecule has 0 aliphatic heterocycles. The van der Waals surface area contributed by atoms with Gasteiger partial charge in [-0.05, 0) is 6.92 Å². The molecule has 0 aliphatic carbocycles. The molecule has 14 heavy (non-hydrogen) atoms. The summed E-state index contributed by atoms with van der Waals surface area (Å²) in [4.78, 5) is 11.2. The van der Waals surface area contributed by atoms with Crippen molar-refractivity contribution < 1.29 is 19.0 Å². The Hall–Kier alpha value is -1.78. The van der Waals surface area contributed by atoms with Gasteiger partial charge in [0.15, 0.2) is 5.75 Å². The van der Waals surface area contributed by atoms with E-state index in [-0.39, 0.29) is 16.8 Å². The third kappa shape index (κ3) is 1.48. The van der Waals surface area contributed by atoms with Gasteiger partial charge in [0, 0.05) is 11.6 Å². The number of nitrogen functional groups attached to an aromatic ring is 1. The lowest BCUT2D eigenvalue weighted by atomic mass is 10.1. The molecule has 0 heterocycles. The van der Waals surface area contributed by atoms with Crippen LogP contribution in [0, 0.1) is 12.7 Å². The summed E-state index contributed by atoms with van der Waals surface area (Å²) in [5.41, 5.74) is 4.88. The van der Waals surface area contributed by atoms with Gasteiger partial charge in [0.1, 0.15) is 11.4 Å². The highest BCUT2D eigenvalue weighted by molar-refractivity contribution is 5.96. The van der Waals surface area contributed by atoms with E-state index in [1.807, 2.05) is 0 Å². The zero-order valence-corrected chi connectivity index (χ0v) is 7.80. The maximum atomic E-state index is 13.1. The first-order valence-electron chi connectivity index (χ1n) is 3.85. The van der Waals surface area contributed by atoms with Crippen molar-refractivity contribution in [3.63, 3.8) is 0 Å². The number of ether oxygens (including phenoxy) is 1. The van der Waals surface area contributed by atoms with Crippen LogP contribution in [0.25, 0.3) is 0 Å². The van der Waals surface area contributed by atoms with Crippen LogP contribution in [0.3, 0.4) is 0 Å². The molecule has 0 saturated heterocycles. The zero-order chi connectivity index (χ0) is 10.9. The van der Waals surface area contributed by atoms with E-state index in [1.54, 1.807) is 0 Å². The van der Waals surface area contributed by atoms with Gasteiger partial charge in [-0.2, -0.15) is 0 Å². The topological polar surface area (TPSA) is 72.5 Å². The number of anilines is 1. The Morgan fingerprint density at radius 3 is 2.71 bits per heavy atom. The number of aromatic hydroxyl groups is 1. The normalized spacial score (nSPS) is 9.93. The van der Waals surface area contributed by atoms with Crippen molar-refractivity contribution in [3.05, 3.63) is 23.0 Å². The highest BCUT2D eigenvalue weighted by Gasteiger charge is 2.20. The van der Waals surface area contributed by atoms with Crippen LogP contribution in [0.15, 0.2) is 6.07 Å². The van der Waals surface area contributed by atoms with Crippen LogP contribution in [0.5, 0.6) is 5.75 Å². The van der Waals surface area contributed by atoms with Crippen molar-refractivity contribution in [1.29, 1.82) is 0 Å². The quantitative estimate of drug-likeness (QED) is 0.405. The SMILES string of the molecule is COC(=O)c1c(C)c(F)cc(N)c1O. The third-order valence-corrected chi connectivity index (χ3v) is 1.92. The summed E-state index contributed by atoms with van der Waals surface area (Å²) in [5.74, 6) is -1.91. The average molecular weight is 199 g/mol. The lowest BCUT2D eigenvalue weighted by molar-refractivity contribution is 0.0596. The highest BCUT2D eigenvalue weighted by atomic mass is 19.1. The number of carbonyl (C=O) groups excluding carboxylic acids is 1. The Labute approximate surface area is 80.1 Å². The molecular formula is C9H10FNO3. The van der Waals surface area contributed by atoms with Crippen molar-refractivity contribution in [2.24, 2.45) is 0 Å². The number of esters is 1. The van der Waals surface area contributed by atoms with E-state index in [1.165, 1.54) is 6.92 Å². The molecule has 3 N–H and O–H groups in total. The first-order valence-corrected chi connectivity index (χ1v) is 3.85. The van der Waals surface area contributed by atoms with E-state index < -0.39 is 17.5 Å². The van der Waals surface area contributed by atoms with Crippen LogP contribution in [0.4, 0.5) is 10.1 Å². The fourth-order valence-electron chi connectivity index (χ4n) is 1.11. The second-order valence-electron chi connectivity index (χ2n) is 2.79. The Morgan fingerprint density at radius 1 is 1.64 bits per heavy atom. The maximum absolute atomic E-state index is 13.1. The first kappa shape index (κ1) is 10.3. The molecular weight excluding hydrogens is 189 g/mol. The predicted molar refractivity (Wildman–Crippen MR) is 48.6 cm³/mol. The molecule has 4 nitrogen and oxygen atoms in total. The number of carbonyl (C=O) groups is 1. The van der Waals surface area contributed by atoms with Crippen molar-refractivity contribution in [3.8, 4) is 5.75 Å². The van der Waals surface area contributed by atoms with E-state index in [2.05, 4.69) is 4.74 Å². The molecule has 0 radical (unpaired) electrons. The summed E-state index contributed by atoms with van der Waals surface area (Å²) in [5, 5.41) is 9.41. The summed E-state index contributed by atoms with van der Waals surface area (Å²) in [6.07, 6.45) is 0. The lowest BCUT2D eigenvalue weighted by Crippen LogP contribution is -2.07. The van der Waals surface area contributed by atoms with Crippen LogP contribution in [-0.4, -0.2) is 18.2 Å². The number of phenolic OH excluding ortho intramolecular Hbond substituents is 1. The molecule has 1 aromatic carbocycles. The van der Waals surface area contributed by atoms with E-state index >= 15 is 0 Å². The lowest BCUT2D eigenvalue weighted by Gasteiger charge is -2.09. The number of hydrogen-bond acceptors (Lipinski definition) is 4. The number of halogens is 1. The molecule has 0 saturated carbocycles. The van der Waals surface area contributed by atoms with Gasteiger partial charge in [-0.25, -0.2) is 9.18 Å². The van der Waals surface area contributed by atoms with E-state index in [4.69, 9.17) is 5.73 Å². The van der Waals surface area contributed by atoms with Crippen molar-refractivity contribution >= 4 is 11.7 Å². The summed E-state index contributed by atoms with van der Waals surface area (Å²) in [6.45, 7) is 1.36. The minimum atomic E-state index is -0.814. The molecule has 1 rings (SSSR count). The van der Waals surface area contributed by atoms with E-state index in [0.717, 1.165) is 13.2 Å². The second-order valence-corrected chi connectivity index (χ2v) is 2.79. The van der Waals surface area contributed by atoms with Crippen LogP contribution >= 0.6 is 0 Å². The second kappa shape index (κ2) is 3.53. The van der Waals surface area contributed by atoms with Gasteiger partial charge in [0.2, 0.25) is 0 Å². The maximum Gasteiger partial charge on any atom is 0.342 e. The molecule has 1 aromatic rings. The number of phenols is 1. The molecule has 0 spiro atoms. The molecule has 0 unspecified atom stereocenters. The third-order valence-electron chi connectivity index (χ3n) is 1.92. The van der Waals surface area contributed by atoms with E-state index in [9.17, 15) is 14.3 Å². The zero-order valence-electron chi connectivity index (χ0n) is 7.80. The largest absolute Gasteiger partial charge is 0.505 e. The summed E-state index contributed by atoms with van der Waals surface area (Å²) >= 11 is 0. The average Bonchev–Trinajstić information content (AvgIpc) is 2.15. The van der Waals surface area contributed by atoms with Crippen LogP contribution < -0.4 is 5.73 Å². The van der Waals surface area contributed by atoms with Gasteiger partial charge in [-0.1, -0.05) is 0 Å². The van der Waals surface area contributed by atoms with Crippen LogP contribution in [0.2, 0.25) is 0 Å². The first-order chi connectivity index (χ1) is 6.49. The minimum absolute atomic E-state index is 0.0172. The van der Waals surface area contributed by atoms with Gasteiger partial charge < -0.3 is 15.6 Å². The minimum Gasteiger partial charge on any atom is -0.505 e. The highest BCUT2D eigenvalue weighted by Crippen LogP contribution is 2.30. The van der Waals surface area contributed by atoms with E-state index in [0.29, 0.717) is 0 Å². The standard InChI is InChI=1S/C9H10FNO3/c1-4-5(10)3-6(11)8(12)7(4)9(13)14-2/h3,12H,11H2,1-2H3. The Morgan fingerprint density at radius 2 is 2.21 bits per heavy atom. The number of rotatable bonds is 1. The molecule has 0 aromatic heterocycles. The Balaban J connectivity index is 3.47. The number of methoxy groups -OCH3 is 1. The molecule has 0 atom stereocenters. The Kier molecular flexibility index (Phi) is 2.60. The van der Waals surface area contributed by atoms with Gasteiger partial charge >= 0.3 is 5.97 Å². The van der Waals surface area contributed by atoms with Crippen LogP contribution in [0.1, 0.15) is 15.9 Å². The fraction of sp³-hybridized carbons (Fsp3) is 0.222. The summed E-state index contributed by atoms with van der Waals surface area (Å²) < 4.78 is 17.5. The van der Waals surface area contributed by atoms with Crippen LogP contribution in [-0.2, 0) is 4.74 Å². The van der Waals surface area contributed by atoms with Gasteiger partial charge in [-0.15, -0.1) is 0 Å². The summed E-state index contributed by atoms with van der Waals surface area (Å²) in [7, 11) is 1.14. The summed E-state index contributed by atoms with van der Waals surface area (Å²) in [6, 6.07) is 0.955. The Bertz CT molecular complexity index is 364. The van der Waals surface area contributed by atoms with Crippen molar-refractivity contribution in [2.75, 3.05) is 12.8 Å². The molecule has 76 valence electrons. The number of benzene rings is 1. The fourth-order valence-corrected chi connectivity index (χ4v) is 1.11.